The van der Waals surface area contributed by atoms with Gasteiger partial charge in [0.15, 0.2) is 0 Å². The number of methoxy groups -OCH3 is 1. The van der Waals surface area contributed by atoms with E-state index in [0.29, 0.717) is 52.4 Å². The molecule has 1 aliphatic rings. The van der Waals surface area contributed by atoms with Crippen molar-refractivity contribution in [3.63, 3.8) is 0 Å². The lowest BCUT2D eigenvalue weighted by molar-refractivity contribution is -0.133. The highest BCUT2D eigenvalue weighted by Crippen LogP contribution is 2.07. The van der Waals surface area contributed by atoms with Crippen LogP contribution in [0.1, 0.15) is 5.82 Å². The molecule has 0 radical (unpaired) electrons. The van der Waals surface area contributed by atoms with E-state index in [-0.39, 0.29) is 5.91 Å². The average molecular weight is 337 g/mol. The van der Waals surface area contributed by atoms with Crippen molar-refractivity contribution in [1.82, 2.24) is 24.7 Å². The van der Waals surface area contributed by atoms with Crippen LogP contribution in [-0.4, -0.2) is 102 Å². The molecular formula is C16H27N5O3. The minimum Gasteiger partial charge on any atom is -0.390 e. The van der Waals surface area contributed by atoms with Crippen LogP contribution >= 0.6 is 0 Å². The summed E-state index contributed by atoms with van der Waals surface area (Å²) >= 11 is 0. The van der Waals surface area contributed by atoms with E-state index >= 15 is 0 Å². The Balaban J connectivity index is 1.85. The number of hydrogen-bond acceptors (Lipinski definition) is 7. The number of aromatic nitrogens is 2. The first kappa shape index (κ1) is 18.7. The van der Waals surface area contributed by atoms with E-state index in [1.807, 2.05) is 11.9 Å². The van der Waals surface area contributed by atoms with E-state index in [0.717, 1.165) is 5.82 Å². The van der Waals surface area contributed by atoms with Crippen molar-refractivity contribution < 1.29 is 14.6 Å². The Bertz CT molecular complexity index is 502. The van der Waals surface area contributed by atoms with E-state index < -0.39 is 6.10 Å². The predicted octanol–water partition coefficient (Wildman–Crippen LogP) is -0.940. The number of amides is 1. The number of β-amino-alcohol motifs (C(OH)–C–C–N with tert-alkyl or cyclic N) is 1. The lowest BCUT2D eigenvalue weighted by atomic mass is 10.3. The Morgan fingerprint density at radius 1 is 1.38 bits per heavy atom. The molecule has 2 rings (SSSR count). The monoisotopic (exact) mass is 337 g/mol. The van der Waals surface area contributed by atoms with Crippen LogP contribution in [0.2, 0.25) is 0 Å². The lowest BCUT2D eigenvalue weighted by Gasteiger charge is -2.24. The van der Waals surface area contributed by atoms with Gasteiger partial charge in [-0.15, -0.1) is 0 Å². The summed E-state index contributed by atoms with van der Waals surface area (Å²) < 4.78 is 5.02. The number of hydrogen-bond donors (Lipinski definition) is 1. The molecule has 1 aliphatic heterocycles. The highest BCUT2D eigenvalue weighted by atomic mass is 16.5. The van der Waals surface area contributed by atoms with Crippen molar-refractivity contribution in [3.8, 4) is 0 Å². The molecule has 0 unspecified atom stereocenters. The zero-order valence-corrected chi connectivity index (χ0v) is 14.5. The number of aliphatic hydroxyl groups excluding tert-OH is 1. The van der Waals surface area contributed by atoms with Crippen molar-refractivity contribution in [3.05, 3.63) is 24.3 Å². The molecule has 24 heavy (non-hydrogen) atoms. The van der Waals surface area contributed by atoms with E-state index in [9.17, 15) is 9.90 Å². The number of carbonyl (C=O) groups excluding carboxylic acids is 1. The maximum atomic E-state index is 12.4. The lowest BCUT2D eigenvalue weighted by Crippen LogP contribution is -2.43. The van der Waals surface area contributed by atoms with Crippen LogP contribution in [-0.2, 0) is 16.1 Å². The molecule has 1 saturated heterocycles. The topological polar surface area (TPSA) is 82.0 Å². The van der Waals surface area contributed by atoms with Crippen molar-refractivity contribution in [2.45, 2.75) is 12.6 Å². The second kappa shape index (κ2) is 9.63. The number of aliphatic hydroxyl groups is 1. The normalized spacial score (nSPS) is 19.5. The molecule has 0 spiro atoms. The van der Waals surface area contributed by atoms with Gasteiger partial charge in [-0.05, 0) is 13.1 Å². The van der Waals surface area contributed by atoms with E-state index in [1.54, 1.807) is 30.5 Å². The van der Waals surface area contributed by atoms with Crippen LogP contribution < -0.4 is 0 Å². The molecule has 134 valence electrons. The molecule has 1 aromatic heterocycles. The van der Waals surface area contributed by atoms with Gasteiger partial charge in [-0.25, -0.2) is 9.97 Å². The summed E-state index contributed by atoms with van der Waals surface area (Å²) in [6.07, 6.45) is 2.86. The number of rotatable bonds is 7. The number of nitrogens with zero attached hydrogens (tertiary/aromatic N) is 5. The van der Waals surface area contributed by atoms with Gasteiger partial charge < -0.3 is 14.7 Å². The quantitative estimate of drug-likeness (QED) is 0.688. The Morgan fingerprint density at radius 2 is 2.12 bits per heavy atom. The molecule has 1 N–H and O–H groups in total. The van der Waals surface area contributed by atoms with Crippen LogP contribution in [0.25, 0.3) is 0 Å². The minimum atomic E-state index is -0.565. The maximum absolute atomic E-state index is 12.4. The molecule has 1 aromatic rings. The summed E-state index contributed by atoms with van der Waals surface area (Å²) in [6.45, 7) is 4.38. The maximum Gasteiger partial charge on any atom is 0.236 e. The predicted molar refractivity (Wildman–Crippen MR) is 89.3 cm³/mol. The van der Waals surface area contributed by atoms with Crippen LogP contribution in [0.4, 0.5) is 0 Å². The Labute approximate surface area is 143 Å². The molecular weight excluding hydrogens is 310 g/mol. The molecule has 1 amide bonds. The average Bonchev–Trinajstić information content (AvgIpc) is 2.75. The van der Waals surface area contributed by atoms with E-state index in [4.69, 9.17) is 4.74 Å². The summed E-state index contributed by atoms with van der Waals surface area (Å²) in [7, 11) is 3.54. The van der Waals surface area contributed by atoms with Gasteiger partial charge >= 0.3 is 0 Å². The molecule has 2 heterocycles. The first-order valence-corrected chi connectivity index (χ1v) is 8.20. The van der Waals surface area contributed by atoms with Gasteiger partial charge in [0.2, 0.25) is 5.91 Å². The third-order valence-corrected chi connectivity index (χ3v) is 4.01. The third kappa shape index (κ3) is 6.12. The largest absolute Gasteiger partial charge is 0.390 e. The Morgan fingerprint density at radius 3 is 2.83 bits per heavy atom. The summed E-state index contributed by atoms with van der Waals surface area (Å²) in [5.74, 6) is 0.759. The number of carbonyl (C=O) groups is 1. The smallest absolute Gasteiger partial charge is 0.236 e. The van der Waals surface area contributed by atoms with Gasteiger partial charge in [0, 0.05) is 52.2 Å². The fourth-order valence-electron chi connectivity index (χ4n) is 2.69. The summed E-state index contributed by atoms with van der Waals surface area (Å²) in [5, 5.41) is 10.2. The van der Waals surface area contributed by atoms with Gasteiger partial charge in [-0.2, -0.15) is 0 Å². The summed E-state index contributed by atoms with van der Waals surface area (Å²) in [5.41, 5.74) is 0. The van der Waals surface area contributed by atoms with Gasteiger partial charge in [-0.1, -0.05) is 0 Å². The molecule has 0 saturated carbocycles. The molecule has 0 aliphatic carbocycles. The van der Waals surface area contributed by atoms with Crippen LogP contribution in [0, 0.1) is 0 Å². The first-order chi connectivity index (χ1) is 11.6. The standard InChI is InChI=1S/C16H27N5O3/c1-19(8-9-24-2)13-16(23)21-7-6-20(10-14(22)11-21)12-15-17-4-3-5-18-15/h3-5,14,22H,6-13H2,1-2H3/t14-/m1/s1. The van der Waals surface area contributed by atoms with Crippen molar-refractivity contribution in [2.24, 2.45) is 0 Å². The van der Waals surface area contributed by atoms with Gasteiger partial charge in [0.05, 0.1) is 25.8 Å². The highest BCUT2D eigenvalue weighted by Gasteiger charge is 2.25. The summed E-state index contributed by atoms with van der Waals surface area (Å²) in [4.78, 5) is 26.6. The van der Waals surface area contributed by atoms with Crippen molar-refractivity contribution >= 4 is 5.91 Å². The number of ether oxygens (including phenoxy) is 1. The van der Waals surface area contributed by atoms with Gasteiger partial charge in [0.1, 0.15) is 5.82 Å². The second-order valence-electron chi connectivity index (χ2n) is 6.12. The SMILES string of the molecule is COCCN(C)CC(=O)N1CCN(Cc2ncccn2)C[C@@H](O)C1. The molecule has 1 fully saturated rings. The molecule has 0 bridgehead atoms. The molecule has 1 atom stereocenters. The van der Waals surface area contributed by atoms with Crippen LogP contribution in [0.5, 0.6) is 0 Å². The zero-order valence-electron chi connectivity index (χ0n) is 14.5. The minimum absolute atomic E-state index is 0.0328. The first-order valence-electron chi connectivity index (χ1n) is 8.20. The van der Waals surface area contributed by atoms with Gasteiger partial charge in [0.25, 0.3) is 0 Å². The van der Waals surface area contributed by atoms with Crippen LogP contribution in [0.3, 0.4) is 0 Å². The zero-order chi connectivity index (χ0) is 17.4. The molecule has 8 nitrogen and oxygen atoms in total. The number of likely N-dealkylation sites (N-methyl/N-ethyl adjacent to an activating group) is 1. The van der Waals surface area contributed by atoms with E-state index in [2.05, 4.69) is 14.9 Å². The Kier molecular flexibility index (Phi) is 7.51. The van der Waals surface area contributed by atoms with Crippen molar-refractivity contribution in [1.29, 1.82) is 0 Å². The summed E-state index contributed by atoms with van der Waals surface area (Å²) in [6, 6.07) is 1.78. The fourth-order valence-corrected chi connectivity index (χ4v) is 2.69. The third-order valence-electron chi connectivity index (χ3n) is 4.01. The Hall–Kier alpha value is -1.61. The fraction of sp³-hybridized carbons (Fsp3) is 0.688. The second-order valence-corrected chi connectivity index (χ2v) is 6.12. The molecule has 8 heteroatoms. The van der Waals surface area contributed by atoms with Crippen LogP contribution in [0.15, 0.2) is 18.5 Å². The molecule has 0 aromatic carbocycles. The highest BCUT2D eigenvalue weighted by molar-refractivity contribution is 5.78. The van der Waals surface area contributed by atoms with Crippen molar-refractivity contribution in [2.75, 3.05) is 60.0 Å². The van der Waals surface area contributed by atoms with E-state index in [1.165, 1.54) is 0 Å². The van der Waals surface area contributed by atoms with Gasteiger partial charge in [-0.3, -0.25) is 14.6 Å².